The van der Waals surface area contributed by atoms with E-state index in [0.29, 0.717) is 31.2 Å². The summed E-state index contributed by atoms with van der Waals surface area (Å²) in [5, 5.41) is 12.9. The van der Waals surface area contributed by atoms with E-state index in [0.717, 1.165) is 21.8 Å². The van der Waals surface area contributed by atoms with Crippen molar-refractivity contribution in [3.63, 3.8) is 0 Å². The van der Waals surface area contributed by atoms with Crippen LogP contribution < -0.4 is 5.32 Å². The predicted octanol–water partition coefficient (Wildman–Crippen LogP) is 3.74. The van der Waals surface area contributed by atoms with Crippen LogP contribution in [-0.2, 0) is 9.53 Å². The number of fused-ring (bicyclic) bond motifs is 2. The molecule has 1 N–H and O–H groups in total. The Balaban J connectivity index is 1.96. The van der Waals surface area contributed by atoms with E-state index in [1.165, 1.54) is 7.11 Å². The maximum Gasteiger partial charge on any atom is 0.328 e. The van der Waals surface area contributed by atoms with Gasteiger partial charge in [0.05, 0.1) is 29.8 Å². The Labute approximate surface area is 163 Å². The standard InChI is InChI=1S/C22H21N3O3/c1-28-22(27)19(13-3-2-8-14-23)25-21(26)20-15-9-4-6-11-17(15)24-18-12-7-5-10-16(18)20/h4-7,9-12,19H,2-3,8,13H2,1H3,(H,25,26)/t19-/m1/s1. The van der Waals surface area contributed by atoms with Crippen LogP contribution in [0.1, 0.15) is 36.0 Å². The molecule has 6 nitrogen and oxygen atoms in total. The molecule has 1 amide bonds. The van der Waals surface area contributed by atoms with Gasteiger partial charge in [-0.3, -0.25) is 4.79 Å². The number of rotatable bonds is 7. The van der Waals surface area contributed by atoms with E-state index in [1.807, 2.05) is 48.5 Å². The second-order valence-corrected chi connectivity index (χ2v) is 6.47. The van der Waals surface area contributed by atoms with Gasteiger partial charge in [-0.1, -0.05) is 36.4 Å². The molecule has 28 heavy (non-hydrogen) atoms. The third kappa shape index (κ3) is 4.09. The molecule has 0 spiro atoms. The Morgan fingerprint density at radius 1 is 1.07 bits per heavy atom. The molecule has 0 aliphatic heterocycles. The minimum atomic E-state index is -0.762. The minimum Gasteiger partial charge on any atom is -0.467 e. The summed E-state index contributed by atoms with van der Waals surface area (Å²) in [5.41, 5.74) is 1.93. The molecule has 1 heterocycles. The van der Waals surface area contributed by atoms with Crippen molar-refractivity contribution >= 4 is 33.7 Å². The quantitative estimate of drug-likeness (QED) is 0.386. The van der Waals surface area contributed by atoms with Crippen LogP contribution in [0.2, 0.25) is 0 Å². The number of carbonyl (C=O) groups is 2. The summed E-state index contributed by atoms with van der Waals surface area (Å²) in [7, 11) is 1.30. The Morgan fingerprint density at radius 3 is 2.25 bits per heavy atom. The minimum absolute atomic E-state index is 0.342. The fourth-order valence-electron chi connectivity index (χ4n) is 3.26. The van der Waals surface area contributed by atoms with Gasteiger partial charge in [0.25, 0.3) is 5.91 Å². The van der Waals surface area contributed by atoms with Crippen LogP contribution in [0.3, 0.4) is 0 Å². The smallest absolute Gasteiger partial charge is 0.328 e. The van der Waals surface area contributed by atoms with Crippen LogP contribution in [0.25, 0.3) is 21.8 Å². The van der Waals surface area contributed by atoms with Gasteiger partial charge in [-0.25, -0.2) is 9.78 Å². The lowest BCUT2D eigenvalue weighted by atomic mass is 10.0. The van der Waals surface area contributed by atoms with Crippen molar-refractivity contribution in [1.29, 1.82) is 5.26 Å². The number of pyridine rings is 1. The van der Waals surface area contributed by atoms with Crippen LogP contribution in [0.4, 0.5) is 0 Å². The van der Waals surface area contributed by atoms with Gasteiger partial charge < -0.3 is 10.1 Å². The van der Waals surface area contributed by atoms with Crippen molar-refractivity contribution in [2.24, 2.45) is 0 Å². The molecule has 3 rings (SSSR count). The van der Waals surface area contributed by atoms with Gasteiger partial charge in [0.15, 0.2) is 0 Å². The number of ether oxygens (including phenoxy) is 1. The number of hydrogen-bond acceptors (Lipinski definition) is 5. The summed E-state index contributed by atoms with van der Waals surface area (Å²) in [5.74, 6) is -0.835. The van der Waals surface area contributed by atoms with Crippen LogP contribution in [0.5, 0.6) is 0 Å². The summed E-state index contributed by atoms with van der Waals surface area (Å²) in [6.07, 6.45) is 2.15. The van der Waals surface area contributed by atoms with Crippen molar-refractivity contribution in [2.45, 2.75) is 31.7 Å². The highest BCUT2D eigenvalue weighted by molar-refractivity contribution is 6.16. The Hall–Kier alpha value is -3.46. The molecule has 2 aromatic carbocycles. The van der Waals surface area contributed by atoms with Crippen LogP contribution in [0.15, 0.2) is 48.5 Å². The zero-order chi connectivity index (χ0) is 19.9. The fourth-order valence-corrected chi connectivity index (χ4v) is 3.26. The Kier molecular flexibility index (Phi) is 6.18. The van der Waals surface area contributed by atoms with E-state index >= 15 is 0 Å². The summed E-state index contributed by atoms with van der Waals surface area (Å²) in [4.78, 5) is 30.0. The maximum absolute atomic E-state index is 13.2. The average molecular weight is 375 g/mol. The number of aromatic nitrogens is 1. The van der Waals surface area contributed by atoms with Gasteiger partial charge in [-0.15, -0.1) is 0 Å². The van der Waals surface area contributed by atoms with Crippen LogP contribution >= 0.6 is 0 Å². The largest absolute Gasteiger partial charge is 0.467 e. The Bertz CT molecular complexity index is 1000. The summed E-state index contributed by atoms with van der Waals surface area (Å²) >= 11 is 0. The van der Waals surface area contributed by atoms with Crippen molar-refractivity contribution in [1.82, 2.24) is 10.3 Å². The van der Waals surface area contributed by atoms with Crippen molar-refractivity contribution in [3.05, 3.63) is 54.1 Å². The van der Waals surface area contributed by atoms with Gasteiger partial charge in [0, 0.05) is 17.2 Å². The van der Waals surface area contributed by atoms with Gasteiger partial charge in [0.1, 0.15) is 6.04 Å². The molecule has 3 aromatic rings. The number of esters is 1. The molecule has 0 saturated heterocycles. The van der Waals surface area contributed by atoms with E-state index in [1.54, 1.807) is 0 Å². The third-order valence-electron chi connectivity index (χ3n) is 4.64. The summed E-state index contributed by atoms with van der Waals surface area (Å²) < 4.78 is 4.85. The van der Waals surface area contributed by atoms with Crippen molar-refractivity contribution in [2.75, 3.05) is 7.11 Å². The first-order valence-corrected chi connectivity index (χ1v) is 9.19. The number of hydrogen-bond donors (Lipinski definition) is 1. The number of nitrogens with zero attached hydrogens (tertiary/aromatic N) is 2. The number of unbranched alkanes of at least 4 members (excludes halogenated alkanes) is 2. The number of nitrogens with one attached hydrogen (secondary N) is 1. The number of carbonyl (C=O) groups excluding carboxylic acids is 2. The molecule has 0 aliphatic carbocycles. The first-order chi connectivity index (χ1) is 13.7. The molecule has 0 radical (unpaired) electrons. The molecular formula is C22H21N3O3. The second-order valence-electron chi connectivity index (χ2n) is 6.47. The first-order valence-electron chi connectivity index (χ1n) is 9.19. The third-order valence-corrected chi connectivity index (χ3v) is 4.64. The highest BCUT2D eigenvalue weighted by Gasteiger charge is 2.24. The second kappa shape index (κ2) is 8.96. The fraction of sp³-hybridized carbons (Fsp3) is 0.273. The predicted molar refractivity (Wildman–Crippen MR) is 107 cm³/mol. The Morgan fingerprint density at radius 2 is 1.68 bits per heavy atom. The van der Waals surface area contributed by atoms with Crippen LogP contribution in [0, 0.1) is 11.3 Å². The topological polar surface area (TPSA) is 92.1 Å². The maximum atomic E-state index is 13.2. The zero-order valence-electron chi connectivity index (χ0n) is 15.6. The number of nitriles is 1. The van der Waals surface area contributed by atoms with Gasteiger partial charge in [-0.2, -0.15) is 5.26 Å². The van der Waals surface area contributed by atoms with Crippen LogP contribution in [-0.4, -0.2) is 30.0 Å². The zero-order valence-corrected chi connectivity index (χ0v) is 15.6. The lowest BCUT2D eigenvalue weighted by Crippen LogP contribution is -2.41. The number of amides is 1. The molecule has 0 aliphatic rings. The van der Waals surface area contributed by atoms with E-state index in [4.69, 9.17) is 10.00 Å². The first kappa shape index (κ1) is 19.3. The van der Waals surface area contributed by atoms with E-state index < -0.39 is 12.0 Å². The number of methoxy groups -OCH3 is 1. The molecule has 0 fully saturated rings. The normalized spacial score (nSPS) is 11.7. The molecule has 0 unspecified atom stereocenters. The SMILES string of the molecule is COC(=O)[C@@H](CCCCC#N)NC(=O)c1c2ccccc2nc2ccccc12. The monoisotopic (exact) mass is 375 g/mol. The lowest BCUT2D eigenvalue weighted by Gasteiger charge is -2.18. The molecule has 0 bridgehead atoms. The molecule has 1 atom stereocenters. The molecule has 6 heteroatoms. The van der Waals surface area contributed by atoms with Gasteiger partial charge in [-0.05, 0) is 31.4 Å². The molecular weight excluding hydrogens is 354 g/mol. The van der Waals surface area contributed by atoms with Gasteiger partial charge in [0.2, 0.25) is 0 Å². The highest BCUT2D eigenvalue weighted by Crippen LogP contribution is 2.26. The van der Waals surface area contributed by atoms with Crippen molar-refractivity contribution in [3.8, 4) is 6.07 Å². The summed E-state index contributed by atoms with van der Waals surface area (Å²) in [6, 6.07) is 16.2. The molecule has 0 saturated carbocycles. The lowest BCUT2D eigenvalue weighted by molar-refractivity contribution is -0.143. The van der Waals surface area contributed by atoms with Crippen molar-refractivity contribution < 1.29 is 14.3 Å². The van der Waals surface area contributed by atoms with E-state index in [9.17, 15) is 9.59 Å². The molecule has 142 valence electrons. The van der Waals surface area contributed by atoms with Gasteiger partial charge >= 0.3 is 5.97 Å². The average Bonchev–Trinajstić information content (AvgIpc) is 2.73. The number of benzene rings is 2. The highest BCUT2D eigenvalue weighted by atomic mass is 16.5. The summed E-state index contributed by atoms with van der Waals surface area (Å²) in [6.45, 7) is 0. The molecule has 1 aromatic heterocycles. The van der Waals surface area contributed by atoms with E-state index in [-0.39, 0.29) is 5.91 Å². The van der Waals surface area contributed by atoms with E-state index in [2.05, 4.69) is 16.4 Å². The number of para-hydroxylation sites is 2.